The number of rotatable bonds is 71. The highest BCUT2D eigenvalue weighted by molar-refractivity contribution is 6.07. The molecule has 1 heterocycles. The molecule has 0 saturated heterocycles. The number of carboxylic acid groups (broad SMARTS) is 1. The molecule has 1 aliphatic heterocycles. The number of carbonyl (C=O) groups excluding carboxylic acids is 1. The molecule has 0 aromatic heterocycles. The van der Waals surface area contributed by atoms with E-state index in [1.165, 1.54) is 422 Å². The molecule has 0 N–H and O–H groups in total. The first kappa shape index (κ1) is 85.8. The van der Waals surface area contributed by atoms with E-state index >= 15 is 0 Å². The third-order valence-electron chi connectivity index (χ3n) is 22.0. The second kappa shape index (κ2) is 62.2. The molecule has 0 spiro atoms. The molecule has 0 amide bonds. The fourth-order valence-electron chi connectivity index (χ4n) is 15.6. The average molecular weight is 1340 g/mol. The van der Waals surface area contributed by atoms with Crippen molar-refractivity contribution in [3.8, 4) is 22.5 Å². The number of carbonyl (C=O) groups is 1. The molecule has 554 valence electrons. The molecule has 0 bridgehead atoms. The minimum Gasteiger partial charge on any atom is -0.545 e. The first-order valence-corrected chi connectivity index (χ1v) is 43.7. The molecule has 4 rings (SSSR count). The van der Waals surface area contributed by atoms with Crippen LogP contribution in [-0.2, 0) is 0 Å². The van der Waals surface area contributed by atoms with Gasteiger partial charge in [0.15, 0.2) is 0 Å². The Kier molecular flexibility index (Phi) is 55.0. The maximum Gasteiger partial charge on any atom is 0.203 e. The smallest absolute Gasteiger partial charge is 0.203 e. The van der Waals surface area contributed by atoms with E-state index in [0.29, 0.717) is 5.56 Å². The maximum absolute atomic E-state index is 13.0. The van der Waals surface area contributed by atoms with Crippen molar-refractivity contribution in [3.63, 3.8) is 0 Å². The molecule has 5 heteroatoms. The average Bonchev–Trinajstić information content (AvgIpc) is 0.749. The molecule has 1 aliphatic carbocycles. The Morgan fingerprint density at radius 1 is 0.330 bits per heavy atom. The van der Waals surface area contributed by atoms with Gasteiger partial charge in [-0.05, 0) is 49.4 Å². The topological polar surface area (TPSA) is 59.5 Å². The third kappa shape index (κ3) is 42.4. The summed E-state index contributed by atoms with van der Waals surface area (Å²) >= 11 is 0. The minimum atomic E-state index is -1.14. The van der Waals surface area contributed by atoms with Crippen LogP contribution < -0.4 is 19.9 Å². The number of nitrogens with zero attached hydrogens (tertiary/aromatic N) is 2. The summed E-state index contributed by atoms with van der Waals surface area (Å²) in [6, 6.07) is 21.2. The molecule has 5 nitrogen and oxygen atoms in total. The van der Waals surface area contributed by atoms with Crippen LogP contribution in [0.3, 0.4) is 0 Å². The standard InChI is InChI=1S/C92H158N2O3/c1-5-9-13-17-21-25-29-33-37-41-45-49-53-57-61-67-77-93(78-68-62-58-54-50-46-42-38-34-30-26-22-18-14-10-6-2)83-73-75-87-89(81-83)97-90-82-84(74-76-88(90)91(87)85-71-65-66-72-86(85)92(95)96)94(79-69-63-59-55-51-47-43-39-35-31-27-23-19-15-11-7-3)80-70-64-60-56-52-48-44-40-36-32-28-24-20-16-12-8-4/h65-66,71-76,81-82H,5-64,67-70,77-80H2,1-4H3. The zero-order valence-corrected chi connectivity index (χ0v) is 65.0. The van der Waals surface area contributed by atoms with Gasteiger partial charge in [-0.15, -0.1) is 0 Å². The zero-order valence-electron chi connectivity index (χ0n) is 65.0. The van der Waals surface area contributed by atoms with Crippen LogP contribution in [0.1, 0.15) is 449 Å². The predicted molar refractivity (Wildman–Crippen MR) is 428 cm³/mol. The fourth-order valence-corrected chi connectivity index (χ4v) is 15.6. The lowest BCUT2D eigenvalue weighted by Gasteiger charge is -2.26. The third-order valence-corrected chi connectivity index (χ3v) is 22.0. The van der Waals surface area contributed by atoms with Crippen molar-refractivity contribution in [3.05, 3.63) is 71.6 Å². The summed E-state index contributed by atoms with van der Waals surface area (Å²) in [6.07, 6.45) is 88.3. The highest BCUT2D eigenvalue weighted by Crippen LogP contribution is 2.42. The van der Waals surface area contributed by atoms with Crippen LogP contribution in [-0.4, -0.2) is 32.1 Å². The van der Waals surface area contributed by atoms with Crippen molar-refractivity contribution in [2.45, 2.75) is 439 Å². The van der Waals surface area contributed by atoms with Crippen molar-refractivity contribution in [1.29, 1.82) is 0 Å². The van der Waals surface area contributed by atoms with Crippen LogP contribution in [0, 0.1) is 0 Å². The number of hydrogen-bond donors (Lipinski definition) is 0. The Hall–Kier alpha value is -3.60. The van der Waals surface area contributed by atoms with Crippen LogP contribution in [0.4, 0.5) is 5.69 Å². The van der Waals surface area contributed by atoms with Gasteiger partial charge >= 0.3 is 0 Å². The quantitative estimate of drug-likeness (QED) is 0.0251. The van der Waals surface area contributed by atoms with E-state index in [0.717, 1.165) is 54.0 Å². The highest BCUT2D eigenvalue weighted by Gasteiger charge is 2.22. The van der Waals surface area contributed by atoms with Gasteiger partial charge in [-0.1, -0.05) is 424 Å². The number of fused-ring (bicyclic) bond motifs is 2. The lowest BCUT2D eigenvalue weighted by molar-refractivity contribution is -0.254. The second-order valence-electron chi connectivity index (χ2n) is 30.9. The Morgan fingerprint density at radius 2 is 0.629 bits per heavy atom. The van der Waals surface area contributed by atoms with Crippen molar-refractivity contribution >= 4 is 22.6 Å². The minimum absolute atomic E-state index is 0.228. The van der Waals surface area contributed by atoms with Crippen LogP contribution in [0.5, 0.6) is 0 Å². The lowest BCUT2D eigenvalue weighted by Crippen LogP contribution is -2.32. The Morgan fingerprint density at radius 3 is 0.948 bits per heavy atom. The Balaban J connectivity index is 1.49. The van der Waals surface area contributed by atoms with Gasteiger partial charge < -0.3 is 19.2 Å². The number of hydrogen-bond acceptors (Lipinski definition) is 4. The normalized spacial score (nSPS) is 11.7. The molecular weight excluding hydrogens is 1180 g/mol. The van der Waals surface area contributed by atoms with Gasteiger partial charge in [-0.3, -0.25) is 0 Å². The van der Waals surface area contributed by atoms with Crippen molar-refractivity contribution in [2.75, 3.05) is 31.1 Å². The molecule has 2 aromatic carbocycles. The zero-order chi connectivity index (χ0) is 68.8. The van der Waals surface area contributed by atoms with Crippen LogP contribution in [0.25, 0.3) is 33.4 Å². The molecule has 97 heavy (non-hydrogen) atoms. The highest BCUT2D eigenvalue weighted by atomic mass is 16.4. The number of unbranched alkanes of at least 4 members (excludes halogenated alkanes) is 60. The van der Waals surface area contributed by atoms with Crippen LogP contribution >= 0.6 is 0 Å². The molecule has 0 fully saturated rings. The first-order chi connectivity index (χ1) is 48.0. The molecule has 0 saturated carbocycles. The number of carboxylic acids is 1. The molecule has 0 atom stereocenters. The van der Waals surface area contributed by atoms with E-state index in [4.69, 9.17) is 4.42 Å². The largest absolute Gasteiger partial charge is 0.545 e. The van der Waals surface area contributed by atoms with Gasteiger partial charge in [0.2, 0.25) is 5.36 Å². The molecule has 0 radical (unpaired) electrons. The SMILES string of the molecule is CCCCCCCCCCCCCCCCCCN(CCCCCCCCCCCCCCCCCC)c1ccc2c(-c3ccccc3C(=O)[O-])c3ccc(=[N+](CCCCCCCCCCCCCCCCCC)CCCCCCCCCCCCCCCCCC)cc-3oc2c1. The molecule has 0 unspecified atom stereocenters. The van der Waals surface area contributed by atoms with E-state index in [1.54, 1.807) is 6.07 Å². The van der Waals surface area contributed by atoms with Crippen LogP contribution in [0.15, 0.2) is 65.1 Å². The van der Waals surface area contributed by atoms with Crippen LogP contribution in [0.2, 0.25) is 0 Å². The summed E-state index contributed by atoms with van der Waals surface area (Å²) in [7, 11) is 0. The van der Waals surface area contributed by atoms with Gasteiger partial charge in [0.1, 0.15) is 24.4 Å². The molecule has 2 aliphatic rings. The molecule has 2 aromatic rings. The summed E-state index contributed by atoms with van der Waals surface area (Å²) in [5.41, 5.74) is 4.87. The van der Waals surface area contributed by atoms with E-state index in [9.17, 15) is 9.90 Å². The fraction of sp³-hybridized carbons (Fsp3) is 0.783. The van der Waals surface area contributed by atoms with E-state index in [-0.39, 0.29) is 5.56 Å². The summed E-state index contributed by atoms with van der Waals surface area (Å²) in [4.78, 5) is 15.6. The van der Waals surface area contributed by atoms with Crippen molar-refractivity contribution < 1.29 is 14.3 Å². The Bertz CT molecular complexity index is 2380. The van der Waals surface area contributed by atoms with Gasteiger partial charge in [-0.25, -0.2) is 4.58 Å². The summed E-state index contributed by atoms with van der Waals surface area (Å²) in [6.45, 7) is 13.4. The number of benzene rings is 3. The van der Waals surface area contributed by atoms with Gasteiger partial charge in [0, 0.05) is 65.8 Å². The second-order valence-corrected chi connectivity index (χ2v) is 30.9. The summed E-state index contributed by atoms with van der Waals surface area (Å²) < 4.78 is 9.88. The van der Waals surface area contributed by atoms with E-state index in [1.807, 2.05) is 18.2 Å². The molecular formula is C92H158N2O3. The summed E-state index contributed by atoms with van der Waals surface area (Å²) in [5, 5.41) is 15.1. The lowest BCUT2D eigenvalue weighted by atomic mass is 9.90. The Labute approximate surface area is 601 Å². The summed E-state index contributed by atoms with van der Waals surface area (Å²) in [5.74, 6) is -0.310. The van der Waals surface area contributed by atoms with E-state index in [2.05, 4.69) is 73.6 Å². The van der Waals surface area contributed by atoms with E-state index < -0.39 is 5.97 Å². The van der Waals surface area contributed by atoms with Crippen molar-refractivity contribution in [1.82, 2.24) is 4.58 Å². The predicted octanol–water partition coefficient (Wildman–Crippen LogP) is 29.2. The number of anilines is 1. The maximum atomic E-state index is 13.0. The van der Waals surface area contributed by atoms with Crippen molar-refractivity contribution in [2.24, 2.45) is 0 Å². The number of aromatic carboxylic acids is 1. The first-order valence-electron chi connectivity index (χ1n) is 43.7. The van der Waals surface area contributed by atoms with Gasteiger partial charge in [0.25, 0.3) is 0 Å². The monoisotopic (exact) mass is 1340 g/mol. The van der Waals surface area contributed by atoms with Gasteiger partial charge in [-0.2, -0.15) is 0 Å². The van der Waals surface area contributed by atoms with Gasteiger partial charge in [0.05, 0.1) is 12.0 Å².